The number of hydrogen-bond acceptors (Lipinski definition) is 2. The fraction of sp³-hybridized carbons (Fsp3) is 0.0625. The zero-order valence-electron chi connectivity index (χ0n) is 11.0. The first-order chi connectivity index (χ1) is 10.0. The number of hydrogen-bond donors (Lipinski definition) is 1. The minimum atomic E-state index is -0.0779. The summed E-state index contributed by atoms with van der Waals surface area (Å²) in [6.07, 6.45) is 1.77. The van der Waals surface area contributed by atoms with Crippen molar-refractivity contribution >= 4 is 39.7 Å². The SMILES string of the molecule is Nc1ccc2ccn(Cc3ccc(Cl)c(Cl)c3)c(=O)c2c1. The van der Waals surface area contributed by atoms with E-state index in [0.29, 0.717) is 27.7 Å². The first-order valence-electron chi connectivity index (χ1n) is 6.37. The van der Waals surface area contributed by atoms with E-state index >= 15 is 0 Å². The van der Waals surface area contributed by atoms with E-state index < -0.39 is 0 Å². The summed E-state index contributed by atoms with van der Waals surface area (Å²) in [6, 6.07) is 12.6. The Morgan fingerprint density at radius 1 is 1.00 bits per heavy atom. The van der Waals surface area contributed by atoms with E-state index in [4.69, 9.17) is 28.9 Å². The van der Waals surface area contributed by atoms with E-state index in [2.05, 4.69) is 0 Å². The molecule has 2 aromatic carbocycles. The number of pyridine rings is 1. The summed E-state index contributed by atoms with van der Waals surface area (Å²) in [7, 11) is 0. The standard InChI is InChI=1S/C16H12Cl2N2O/c17-14-4-1-10(7-15(14)18)9-20-6-5-11-2-3-12(19)8-13(11)16(20)21/h1-8H,9,19H2. The van der Waals surface area contributed by atoms with Crippen molar-refractivity contribution in [2.24, 2.45) is 0 Å². The van der Waals surface area contributed by atoms with Gasteiger partial charge >= 0.3 is 0 Å². The molecule has 0 saturated heterocycles. The minimum Gasteiger partial charge on any atom is -0.399 e. The van der Waals surface area contributed by atoms with Gasteiger partial charge in [-0.2, -0.15) is 0 Å². The molecule has 21 heavy (non-hydrogen) atoms. The van der Waals surface area contributed by atoms with Crippen LogP contribution in [-0.4, -0.2) is 4.57 Å². The Morgan fingerprint density at radius 3 is 2.57 bits per heavy atom. The smallest absolute Gasteiger partial charge is 0.258 e. The second-order valence-electron chi connectivity index (χ2n) is 4.84. The van der Waals surface area contributed by atoms with Crippen LogP contribution in [0, 0.1) is 0 Å². The van der Waals surface area contributed by atoms with Gasteiger partial charge in [-0.05, 0) is 41.3 Å². The maximum Gasteiger partial charge on any atom is 0.258 e. The van der Waals surface area contributed by atoms with Crippen LogP contribution in [0.3, 0.4) is 0 Å². The van der Waals surface area contributed by atoms with Crippen molar-refractivity contribution in [2.75, 3.05) is 5.73 Å². The van der Waals surface area contributed by atoms with Crippen molar-refractivity contribution in [3.8, 4) is 0 Å². The molecule has 0 aliphatic heterocycles. The summed E-state index contributed by atoms with van der Waals surface area (Å²) in [6.45, 7) is 0.431. The summed E-state index contributed by atoms with van der Waals surface area (Å²) in [5.74, 6) is 0. The summed E-state index contributed by atoms with van der Waals surface area (Å²) in [4.78, 5) is 12.5. The molecule has 1 heterocycles. The molecule has 0 atom stereocenters. The molecule has 0 spiro atoms. The molecule has 2 N–H and O–H groups in total. The van der Waals surface area contributed by atoms with Gasteiger partial charge in [-0.15, -0.1) is 0 Å². The number of halogens is 2. The lowest BCUT2D eigenvalue weighted by Gasteiger charge is -2.08. The topological polar surface area (TPSA) is 48.0 Å². The highest BCUT2D eigenvalue weighted by Crippen LogP contribution is 2.23. The summed E-state index contributed by atoms with van der Waals surface area (Å²) < 4.78 is 1.63. The van der Waals surface area contributed by atoms with E-state index in [1.165, 1.54) is 0 Å². The number of benzene rings is 2. The molecule has 3 rings (SSSR count). The highest BCUT2D eigenvalue weighted by Gasteiger charge is 2.05. The third-order valence-electron chi connectivity index (χ3n) is 3.34. The zero-order valence-corrected chi connectivity index (χ0v) is 12.5. The Bertz CT molecular complexity index is 887. The zero-order chi connectivity index (χ0) is 15.0. The van der Waals surface area contributed by atoms with Crippen molar-refractivity contribution in [1.82, 2.24) is 4.57 Å². The lowest BCUT2D eigenvalue weighted by molar-refractivity contribution is 0.768. The molecule has 0 aliphatic rings. The molecule has 0 unspecified atom stereocenters. The lowest BCUT2D eigenvalue weighted by atomic mass is 10.1. The molecule has 0 radical (unpaired) electrons. The van der Waals surface area contributed by atoms with Gasteiger partial charge in [0.1, 0.15) is 0 Å². The van der Waals surface area contributed by atoms with E-state index in [-0.39, 0.29) is 5.56 Å². The normalized spacial score (nSPS) is 11.0. The van der Waals surface area contributed by atoms with E-state index in [0.717, 1.165) is 10.9 Å². The van der Waals surface area contributed by atoms with Crippen molar-refractivity contribution in [2.45, 2.75) is 6.54 Å². The molecule has 0 bridgehead atoms. The lowest BCUT2D eigenvalue weighted by Crippen LogP contribution is -2.20. The molecule has 0 aliphatic carbocycles. The van der Waals surface area contributed by atoms with Gasteiger partial charge in [-0.1, -0.05) is 35.3 Å². The van der Waals surface area contributed by atoms with Gasteiger partial charge in [-0.3, -0.25) is 4.79 Å². The van der Waals surface area contributed by atoms with Crippen molar-refractivity contribution in [3.63, 3.8) is 0 Å². The molecule has 3 aromatic rings. The number of aromatic nitrogens is 1. The van der Waals surface area contributed by atoms with Gasteiger partial charge in [0.15, 0.2) is 0 Å². The van der Waals surface area contributed by atoms with Crippen molar-refractivity contribution < 1.29 is 0 Å². The number of anilines is 1. The molecule has 0 saturated carbocycles. The summed E-state index contributed by atoms with van der Waals surface area (Å²) in [5, 5.41) is 2.46. The van der Waals surface area contributed by atoms with Gasteiger partial charge < -0.3 is 10.3 Å². The van der Waals surface area contributed by atoms with Crippen molar-refractivity contribution in [3.05, 3.63) is 74.6 Å². The first-order valence-corrected chi connectivity index (χ1v) is 7.13. The number of rotatable bonds is 2. The van der Waals surface area contributed by atoms with Gasteiger partial charge in [0.25, 0.3) is 5.56 Å². The Kier molecular flexibility index (Phi) is 3.62. The van der Waals surface area contributed by atoms with Crippen LogP contribution in [0.25, 0.3) is 10.8 Å². The van der Waals surface area contributed by atoms with Crippen LogP contribution >= 0.6 is 23.2 Å². The van der Waals surface area contributed by atoms with E-state index in [9.17, 15) is 4.79 Å². The largest absolute Gasteiger partial charge is 0.399 e. The predicted molar refractivity (Wildman–Crippen MR) is 88.2 cm³/mol. The Morgan fingerprint density at radius 2 is 1.81 bits per heavy atom. The van der Waals surface area contributed by atoms with Crippen LogP contribution in [0.1, 0.15) is 5.56 Å². The first kappa shape index (κ1) is 14.0. The second kappa shape index (κ2) is 5.43. The molecule has 0 fully saturated rings. The molecule has 5 heteroatoms. The fourth-order valence-electron chi connectivity index (χ4n) is 2.26. The molecular formula is C16H12Cl2N2O. The summed E-state index contributed by atoms with van der Waals surface area (Å²) >= 11 is 11.9. The maximum atomic E-state index is 12.5. The number of nitrogens with zero attached hydrogens (tertiary/aromatic N) is 1. The summed E-state index contributed by atoms with van der Waals surface area (Å²) in [5.41, 5.74) is 7.16. The van der Waals surface area contributed by atoms with Gasteiger partial charge in [0, 0.05) is 17.3 Å². The van der Waals surface area contributed by atoms with Crippen LogP contribution in [0.2, 0.25) is 10.0 Å². The molecular weight excluding hydrogens is 307 g/mol. The number of nitrogens with two attached hydrogens (primary N) is 1. The molecule has 106 valence electrons. The quantitative estimate of drug-likeness (QED) is 0.727. The van der Waals surface area contributed by atoms with Gasteiger partial charge in [0.2, 0.25) is 0 Å². The van der Waals surface area contributed by atoms with Gasteiger partial charge in [-0.25, -0.2) is 0 Å². The maximum absolute atomic E-state index is 12.5. The monoisotopic (exact) mass is 318 g/mol. The van der Waals surface area contributed by atoms with Crippen LogP contribution in [0.4, 0.5) is 5.69 Å². The Balaban J connectivity index is 2.06. The number of nitrogen functional groups attached to an aromatic ring is 1. The molecule has 3 nitrogen and oxygen atoms in total. The predicted octanol–water partition coefficient (Wildman–Crippen LogP) is 3.94. The van der Waals surface area contributed by atoms with E-state index in [1.54, 1.807) is 35.0 Å². The van der Waals surface area contributed by atoms with Crippen LogP contribution < -0.4 is 11.3 Å². The Hall–Kier alpha value is -1.97. The third kappa shape index (κ3) is 2.75. The van der Waals surface area contributed by atoms with Gasteiger partial charge in [0.05, 0.1) is 16.6 Å². The average molecular weight is 319 g/mol. The Labute approximate surface area is 131 Å². The molecule has 1 aromatic heterocycles. The van der Waals surface area contributed by atoms with Crippen LogP contribution in [-0.2, 0) is 6.54 Å². The van der Waals surface area contributed by atoms with Crippen molar-refractivity contribution in [1.29, 1.82) is 0 Å². The van der Waals surface area contributed by atoms with Crippen LogP contribution in [0.5, 0.6) is 0 Å². The second-order valence-corrected chi connectivity index (χ2v) is 5.66. The highest BCUT2D eigenvalue weighted by atomic mass is 35.5. The average Bonchev–Trinajstić information content (AvgIpc) is 2.46. The number of fused-ring (bicyclic) bond motifs is 1. The fourth-order valence-corrected chi connectivity index (χ4v) is 2.58. The minimum absolute atomic E-state index is 0.0779. The van der Waals surface area contributed by atoms with E-state index in [1.807, 2.05) is 18.2 Å². The third-order valence-corrected chi connectivity index (χ3v) is 4.08. The molecule has 0 amide bonds. The highest BCUT2D eigenvalue weighted by molar-refractivity contribution is 6.42. The van der Waals surface area contributed by atoms with Crippen LogP contribution in [0.15, 0.2) is 53.5 Å².